The lowest BCUT2D eigenvalue weighted by molar-refractivity contribution is 0.259. The number of aromatic nitrogens is 3. The summed E-state index contributed by atoms with van der Waals surface area (Å²) in [7, 11) is -1.58. The molecular formula is C18H24F2N6SSi. The second-order valence-electron chi connectivity index (χ2n) is 8.72. The van der Waals surface area contributed by atoms with Gasteiger partial charge in [-0.15, -0.1) is 5.10 Å². The average molecular weight is 423 g/mol. The van der Waals surface area contributed by atoms with E-state index in [-0.39, 0.29) is 21.4 Å². The lowest BCUT2D eigenvalue weighted by atomic mass is 9.84. The zero-order valence-electron chi connectivity index (χ0n) is 16.1. The molecule has 4 N–H and O–H groups in total. The number of hydrogen-bond donors (Lipinski definition) is 2. The van der Waals surface area contributed by atoms with Crippen LogP contribution in [0.1, 0.15) is 12.0 Å². The SMILES string of the molecule is C[Si](C)(C)c1cn(CC23CC2[C@@](CF)(c2cc(N)ccc2F)N=C(N)S3)nn1. The van der Waals surface area contributed by atoms with Crippen molar-refractivity contribution in [3.63, 3.8) is 0 Å². The van der Waals surface area contributed by atoms with Crippen LogP contribution in [-0.2, 0) is 12.1 Å². The molecule has 0 spiro atoms. The van der Waals surface area contributed by atoms with Crippen LogP contribution in [0.5, 0.6) is 0 Å². The Balaban J connectivity index is 1.70. The van der Waals surface area contributed by atoms with Gasteiger partial charge in [-0.2, -0.15) is 0 Å². The van der Waals surface area contributed by atoms with E-state index in [1.54, 1.807) is 4.68 Å². The number of nitrogens with two attached hydrogens (primary N) is 2. The summed E-state index contributed by atoms with van der Waals surface area (Å²) < 4.78 is 30.5. The molecule has 2 heterocycles. The lowest BCUT2D eigenvalue weighted by Crippen LogP contribution is -2.41. The Morgan fingerprint density at radius 2 is 2.07 bits per heavy atom. The van der Waals surface area contributed by atoms with Crippen LogP contribution in [0.15, 0.2) is 29.4 Å². The van der Waals surface area contributed by atoms with Gasteiger partial charge in [-0.05, 0) is 24.6 Å². The van der Waals surface area contributed by atoms with E-state index in [1.165, 1.54) is 30.0 Å². The fourth-order valence-electron chi connectivity index (χ4n) is 4.03. The average Bonchev–Trinajstić information content (AvgIpc) is 3.11. The molecule has 150 valence electrons. The van der Waals surface area contributed by atoms with Crippen LogP contribution in [0.2, 0.25) is 19.6 Å². The molecule has 3 atom stereocenters. The van der Waals surface area contributed by atoms with Gasteiger partial charge < -0.3 is 11.5 Å². The normalized spacial score (nSPS) is 29.3. The highest BCUT2D eigenvalue weighted by atomic mass is 32.2. The predicted octanol–water partition coefficient (Wildman–Crippen LogP) is 2.23. The van der Waals surface area contributed by atoms with Crippen LogP contribution in [0.4, 0.5) is 14.5 Å². The Labute approximate surface area is 167 Å². The maximum Gasteiger partial charge on any atom is 0.155 e. The molecule has 0 radical (unpaired) electrons. The molecule has 1 aromatic heterocycles. The molecule has 1 aliphatic heterocycles. The minimum Gasteiger partial charge on any atom is -0.399 e. The minimum absolute atomic E-state index is 0.173. The predicted molar refractivity (Wildman–Crippen MR) is 112 cm³/mol. The van der Waals surface area contributed by atoms with Gasteiger partial charge in [0.1, 0.15) is 26.1 Å². The highest BCUT2D eigenvalue weighted by molar-refractivity contribution is 8.15. The maximum absolute atomic E-state index is 14.6. The van der Waals surface area contributed by atoms with Gasteiger partial charge in [0.15, 0.2) is 5.17 Å². The number of thioether (sulfide) groups is 1. The first-order valence-corrected chi connectivity index (χ1v) is 13.5. The number of fused-ring (bicyclic) bond motifs is 1. The summed E-state index contributed by atoms with van der Waals surface area (Å²) in [5.74, 6) is -0.712. The van der Waals surface area contributed by atoms with Crippen LogP contribution < -0.4 is 16.8 Å². The highest BCUT2D eigenvalue weighted by Crippen LogP contribution is 2.66. The molecule has 4 rings (SSSR count). The molecule has 1 fully saturated rings. The topological polar surface area (TPSA) is 95.1 Å². The van der Waals surface area contributed by atoms with E-state index in [0.717, 1.165) is 5.32 Å². The molecule has 0 bridgehead atoms. The smallest absolute Gasteiger partial charge is 0.155 e. The van der Waals surface area contributed by atoms with E-state index in [9.17, 15) is 8.78 Å². The summed E-state index contributed by atoms with van der Waals surface area (Å²) >= 11 is 1.43. The van der Waals surface area contributed by atoms with Gasteiger partial charge in [0.2, 0.25) is 0 Å². The number of halogens is 2. The Bertz CT molecular complexity index is 958. The number of rotatable bonds is 5. The van der Waals surface area contributed by atoms with Gasteiger partial charge in [0.05, 0.1) is 11.9 Å². The largest absolute Gasteiger partial charge is 0.399 e. The van der Waals surface area contributed by atoms with Crippen LogP contribution in [-0.4, -0.2) is 39.7 Å². The second-order valence-corrected chi connectivity index (χ2v) is 15.2. The van der Waals surface area contributed by atoms with Crippen molar-refractivity contribution in [3.8, 4) is 0 Å². The van der Waals surface area contributed by atoms with Crippen LogP contribution in [0.3, 0.4) is 0 Å². The van der Waals surface area contributed by atoms with E-state index >= 15 is 0 Å². The molecular weight excluding hydrogens is 398 g/mol. The fourth-order valence-corrected chi connectivity index (χ4v) is 6.32. The number of nitrogen functional groups attached to an aromatic ring is 1. The van der Waals surface area contributed by atoms with Crippen molar-refractivity contribution < 1.29 is 8.78 Å². The van der Waals surface area contributed by atoms with Gasteiger partial charge in [-0.25, -0.2) is 13.8 Å². The summed E-state index contributed by atoms with van der Waals surface area (Å²) in [5, 5.41) is 9.87. The van der Waals surface area contributed by atoms with E-state index in [1.807, 2.05) is 6.20 Å². The molecule has 28 heavy (non-hydrogen) atoms. The van der Waals surface area contributed by atoms with E-state index < -0.39 is 26.1 Å². The van der Waals surface area contributed by atoms with Crippen molar-refractivity contribution >= 4 is 36.0 Å². The molecule has 0 saturated heterocycles. The molecule has 2 aliphatic rings. The Morgan fingerprint density at radius 3 is 2.71 bits per heavy atom. The first-order valence-electron chi connectivity index (χ1n) is 9.16. The number of aliphatic imine (C=N–C) groups is 1. The van der Waals surface area contributed by atoms with Crippen molar-refractivity contribution in [1.29, 1.82) is 0 Å². The molecule has 10 heteroatoms. The summed E-state index contributed by atoms with van der Waals surface area (Å²) in [6.07, 6.45) is 2.64. The molecule has 6 nitrogen and oxygen atoms in total. The zero-order chi connectivity index (χ0) is 20.3. The van der Waals surface area contributed by atoms with Crippen LogP contribution >= 0.6 is 11.8 Å². The lowest BCUT2D eigenvalue weighted by Gasteiger charge is -2.35. The molecule has 1 aliphatic carbocycles. The number of nitrogens with zero attached hydrogens (tertiary/aromatic N) is 4. The van der Waals surface area contributed by atoms with Crippen molar-refractivity contribution in [2.24, 2.45) is 16.6 Å². The Hall–Kier alpha value is -1.94. The third-order valence-corrected chi connectivity index (χ3v) is 8.67. The zero-order valence-corrected chi connectivity index (χ0v) is 17.9. The third kappa shape index (κ3) is 3.02. The standard InChI is InChI=1S/C18H24F2N6SSi/c1-28(2,3)15-8-26(25-24-15)10-17-7-14(17)18(9-19,23-16(22)27-17)12-6-11(21)4-5-13(12)20/h4-6,8,14H,7,9-10,21H2,1-3H3,(H2,22,23)/t14?,17?,18-/m1/s1. The van der Waals surface area contributed by atoms with Crippen LogP contribution in [0.25, 0.3) is 0 Å². The minimum atomic E-state index is -1.58. The van der Waals surface area contributed by atoms with E-state index in [2.05, 4.69) is 34.9 Å². The number of alkyl halides is 1. The summed E-state index contributed by atoms with van der Waals surface area (Å²) in [6.45, 7) is 6.31. The number of amidine groups is 1. The number of benzene rings is 1. The molecule has 2 unspecified atom stereocenters. The van der Waals surface area contributed by atoms with Gasteiger partial charge in [-0.1, -0.05) is 36.6 Å². The van der Waals surface area contributed by atoms with Gasteiger partial charge >= 0.3 is 0 Å². The summed E-state index contributed by atoms with van der Waals surface area (Å²) in [5.41, 5.74) is 11.1. The van der Waals surface area contributed by atoms with E-state index in [4.69, 9.17) is 11.5 Å². The van der Waals surface area contributed by atoms with Crippen molar-refractivity contribution in [2.45, 2.75) is 42.9 Å². The van der Waals surface area contributed by atoms with Gasteiger partial charge in [0, 0.05) is 28.1 Å². The van der Waals surface area contributed by atoms with Gasteiger partial charge in [-0.3, -0.25) is 4.68 Å². The first kappa shape index (κ1) is 19.4. The van der Waals surface area contributed by atoms with Crippen molar-refractivity contribution in [3.05, 3.63) is 35.8 Å². The third-order valence-electron chi connectivity index (χ3n) is 5.62. The maximum atomic E-state index is 14.6. The fraction of sp³-hybridized carbons (Fsp3) is 0.500. The Kier molecular flexibility index (Phi) is 4.35. The van der Waals surface area contributed by atoms with Crippen molar-refractivity contribution in [2.75, 3.05) is 12.4 Å². The monoisotopic (exact) mass is 422 g/mol. The first-order chi connectivity index (χ1) is 13.1. The quantitative estimate of drug-likeness (QED) is 0.569. The molecule has 0 amide bonds. The van der Waals surface area contributed by atoms with Crippen LogP contribution in [0, 0.1) is 11.7 Å². The Morgan fingerprint density at radius 1 is 1.32 bits per heavy atom. The summed E-state index contributed by atoms with van der Waals surface area (Å²) in [6, 6.07) is 4.20. The molecule has 2 aromatic rings. The molecule has 1 aromatic carbocycles. The van der Waals surface area contributed by atoms with E-state index in [0.29, 0.717) is 18.7 Å². The summed E-state index contributed by atoms with van der Waals surface area (Å²) in [4.78, 5) is 4.41. The second kappa shape index (κ2) is 6.28. The van der Waals surface area contributed by atoms with Gasteiger partial charge in [0.25, 0.3) is 0 Å². The number of anilines is 1. The van der Waals surface area contributed by atoms with Crippen molar-refractivity contribution in [1.82, 2.24) is 15.0 Å². The highest BCUT2D eigenvalue weighted by Gasteiger charge is 2.68. The molecule has 1 saturated carbocycles. The number of hydrogen-bond acceptors (Lipinski definition) is 6.